The SMILES string of the molecule is Cn1c2cc(Oc3cccc(N)c3)ccc2c2cnn(Cc3cccc(N)c3)c(=O)c21. The monoisotopic (exact) mass is 411 g/mol. The molecule has 0 amide bonds. The number of nitrogens with zero attached hydrogens (tertiary/aromatic N) is 3. The zero-order chi connectivity index (χ0) is 21.5. The maximum Gasteiger partial charge on any atom is 0.291 e. The predicted octanol–water partition coefficient (Wildman–Crippen LogP) is 3.89. The van der Waals surface area contributed by atoms with Crippen molar-refractivity contribution in [2.75, 3.05) is 11.5 Å². The predicted molar refractivity (Wildman–Crippen MR) is 123 cm³/mol. The number of nitrogen functional groups attached to an aromatic ring is 2. The molecule has 0 radical (unpaired) electrons. The number of aromatic nitrogens is 3. The van der Waals surface area contributed by atoms with Crippen LogP contribution in [-0.2, 0) is 13.6 Å². The van der Waals surface area contributed by atoms with Crippen LogP contribution in [0.1, 0.15) is 5.56 Å². The molecule has 0 aliphatic rings. The number of nitrogens with two attached hydrogens (primary N) is 2. The smallest absolute Gasteiger partial charge is 0.291 e. The summed E-state index contributed by atoms with van der Waals surface area (Å²) in [5.41, 5.74) is 15.2. The Morgan fingerprint density at radius 2 is 1.65 bits per heavy atom. The highest BCUT2D eigenvalue weighted by atomic mass is 16.5. The number of fused-ring (bicyclic) bond motifs is 3. The molecule has 0 unspecified atom stereocenters. The van der Waals surface area contributed by atoms with Crippen molar-refractivity contribution < 1.29 is 4.74 Å². The highest BCUT2D eigenvalue weighted by Gasteiger charge is 2.15. The zero-order valence-corrected chi connectivity index (χ0v) is 16.9. The molecule has 2 heterocycles. The third-order valence-electron chi connectivity index (χ3n) is 5.35. The molecule has 5 aromatic rings. The van der Waals surface area contributed by atoms with Gasteiger partial charge in [-0.25, -0.2) is 4.68 Å². The molecule has 0 fully saturated rings. The van der Waals surface area contributed by atoms with Crippen LogP contribution in [0.4, 0.5) is 11.4 Å². The summed E-state index contributed by atoms with van der Waals surface area (Å²) in [4.78, 5) is 13.2. The molecule has 7 nitrogen and oxygen atoms in total. The van der Waals surface area contributed by atoms with Gasteiger partial charge in [0.05, 0.1) is 18.3 Å². The molecular weight excluding hydrogens is 390 g/mol. The molecule has 31 heavy (non-hydrogen) atoms. The Morgan fingerprint density at radius 3 is 2.42 bits per heavy atom. The van der Waals surface area contributed by atoms with E-state index in [1.165, 1.54) is 4.68 Å². The highest BCUT2D eigenvalue weighted by molar-refractivity contribution is 6.07. The fraction of sp³-hybridized carbons (Fsp3) is 0.0833. The lowest BCUT2D eigenvalue weighted by Gasteiger charge is -2.07. The summed E-state index contributed by atoms with van der Waals surface area (Å²) in [6.45, 7) is 0.352. The Balaban J connectivity index is 1.58. The molecule has 0 spiro atoms. The van der Waals surface area contributed by atoms with Crippen LogP contribution in [-0.4, -0.2) is 14.3 Å². The van der Waals surface area contributed by atoms with E-state index in [-0.39, 0.29) is 5.56 Å². The third-order valence-corrected chi connectivity index (χ3v) is 5.35. The van der Waals surface area contributed by atoms with Gasteiger partial charge >= 0.3 is 0 Å². The van der Waals surface area contributed by atoms with Crippen molar-refractivity contribution >= 4 is 33.2 Å². The Labute approximate surface area is 178 Å². The van der Waals surface area contributed by atoms with Crippen LogP contribution < -0.4 is 21.8 Å². The fourth-order valence-electron chi connectivity index (χ4n) is 3.89. The van der Waals surface area contributed by atoms with Crippen molar-refractivity contribution in [3.8, 4) is 11.5 Å². The summed E-state index contributed by atoms with van der Waals surface area (Å²) >= 11 is 0. The van der Waals surface area contributed by atoms with Gasteiger partial charge in [-0.1, -0.05) is 18.2 Å². The van der Waals surface area contributed by atoms with Crippen LogP contribution in [0.25, 0.3) is 21.8 Å². The van der Waals surface area contributed by atoms with Crippen molar-refractivity contribution in [2.45, 2.75) is 6.54 Å². The second kappa shape index (κ2) is 7.21. The van der Waals surface area contributed by atoms with Gasteiger partial charge in [-0.15, -0.1) is 0 Å². The first-order chi connectivity index (χ1) is 15.0. The van der Waals surface area contributed by atoms with E-state index in [1.807, 2.05) is 72.3 Å². The lowest BCUT2D eigenvalue weighted by atomic mass is 10.2. The largest absolute Gasteiger partial charge is 0.457 e. The van der Waals surface area contributed by atoms with Crippen molar-refractivity contribution in [3.05, 3.63) is 88.8 Å². The second-order valence-electron chi connectivity index (χ2n) is 7.53. The van der Waals surface area contributed by atoms with E-state index >= 15 is 0 Å². The van der Waals surface area contributed by atoms with E-state index in [9.17, 15) is 4.79 Å². The van der Waals surface area contributed by atoms with Crippen molar-refractivity contribution in [1.29, 1.82) is 0 Å². The molecule has 0 bridgehead atoms. The molecule has 0 saturated heterocycles. The first-order valence-corrected chi connectivity index (χ1v) is 9.86. The van der Waals surface area contributed by atoms with Crippen LogP contribution >= 0.6 is 0 Å². The fourth-order valence-corrected chi connectivity index (χ4v) is 3.89. The van der Waals surface area contributed by atoms with Gasteiger partial charge in [-0.2, -0.15) is 5.10 Å². The molecule has 154 valence electrons. The van der Waals surface area contributed by atoms with Gasteiger partial charge in [0.1, 0.15) is 17.0 Å². The molecule has 7 heteroatoms. The summed E-state index contributed by atoms with van der Waals surface area (Å²) in [5.74, 6) is 1.32. The molecule has 2 aromatic heterocycles. The molecular formula is C24H21N5O2. The highest BCUT2D eigenvalue weighted by Crippen LogP contribution is 2.31. The average Bonchev–Trinajstić information content (AvgIpc) is 3.02. The minimum Gasteiger partial charge on any atom is -0.457 e. The van der Waals surface area contributed by atoms with E-state index in [4.69, 9.17) is 16.2 Å². The minimum atomic E-state index is -0.156. The number of hydrogen-bond donors (Lipinski definition) is 2. The molecule has 0 saturated carbocycles. The van der Waals surface area contributed by atoms with Gasteiger partial charge in [-0.3, -0.25) is 4.79 Å². The number of hydrogen-bond acceptors (Lipinski definition) is 5. The van der Waals surface area contributed by atoms with E-state index in [0.29, 0.717) is 34.9 Å². The lowest BCUT2D eigenvalue weighted by molar-refractivity contribution is 0.483. The number of anilines is 2. The first kappa shape index (κ1) is 18.7. The average molecular weight is 411 g/mol. The Morgan fingerprint density at radius 1 is 0.903 bits per heavy atom. The molecule has 0 aliphatic carbocycles. The maximum absolute atomic E-state index is 13.2. The van der Waals surface area contributed by atoms with E-state index in [2.05, 4.69) is 5.10 Å². The maximum atomic E-state index is 13.2. The van der Waals surface area contributed by atoms with Crippen molar-refractivity contribution in [3.63, 3.8) is 0 Å². The number of ether oxygens (including phenoxy) is 1. The molecule has 0 atom stereocenters. The number of rotatable bonds is 4. The Hall–Kier alpha value is -4.26. The van der Waals surface area contributed by atoms with Gasteiger partial charge in [-0.05, 0) is 42.0 Å². The summed E-state index contributed by atoms with van der Waals surface area (Å²) in [6, 6.07) is 20.5. The summed E-state index contributed by atoms with van der Waals surface area (Å²) in [6.07, 6.45) is 1.74. The first-order valence-electron chi connectivity index (χ1n) is 9.86. The molecule has 5 rings (SSSR count). The number of aryl methyl sites for hydroxylation is 1. The number of benzene rings is 3. The van der Waals surface area contributed by atoms with E-state index < -0.39 is 0 Å². The molecule has 4 N–H and O–H groups in total. The lowest BCUT2D eigenvalue weighted by Crippen LogP contribution is -2.24. The molecule has 3 aromatic carbocycles. The topological polar surface area (TPSA) is 101 Å². The van der Waals surface area contributed by atoms with Crippen LogP contribution in [0.5, 0.6) is 11.5 Å². The van der Waals surface area contributed by atoms with E-state index in [1.54, 1.807) is 12.3 Å². The zero-order valence-electron chi connectivity index (χ0n) is 16.9. The summed E-state index contributed by atoms with van der Waals surface area (Å²) in [5, 5.41) is 6.15. The third kappa shape index (κ3) is 3.36. The normalized spacial score (nSPS) is 11.3. The summed E-state index contributed by atoms with van der Waals surface area (Å²) < 4.78 is 9.30. The van der Waals surface area contributed by atoms with Crippen molar-refractivity contribution in [1.82, 2.24) is 14.3 Å². The quantitative estimate of drug-likeness (QED) is 0.437. The standard InChI is InChI=1S/C24H21N5O2/c1-28-22-12-19(31-18-7-3-6-17(26)11-18)8-9-20(22)21-13-27-29(24(30)23(21)28)14-15-4-2-5-16(25)10-15/h2-13H,14,25-26H2,1H3. The van der Waals surface area contributed by atoms with Crippen LogP contribution in [0.15, 0.2) is 77.7 Å². The van der Waals surface area contributed by atoms with Crippen molar-refractivity contribution in [2.24, 2.45) is 7.05 Å². The Bertz CT molecular complexity index is 1500. The van der Waals surface area contributed by atoms with Crippen LogP contribution in [0, 0.1) is 0 Å². The van der Waals surface area contributed by atoms with Gasteiger partial charge in [0.15, 0.2) is 0 Å². The van der Waals surface area contributed by atoms with E-state index in [0.717, 1.165) is 21.9 Å². The minimum absolute atomic E-state index is 0.156. The molecule has 0 aliphatic heterocycles. The van der Waals surface area contributed by atoms with Gasteiger partial charge in [0.2, 0.25) is 0 Å². The van der Waals surface area contributed by atoms with Crippen LogP contribution in [0.2, 0.25) is 0 Å². The van der Waals surface area contributed by atoms with Crippen LogP contribution in [0.3, 0.4) is 0 Å². The van der Waals surface area contributed by atoms with Gasteiger partial charge in [0, 0.05) is 41.3 Å². The Kier molecular flexibility index (Phi) is 4.36. The summed E-state index contributed by atoms with van der Waals surface area (Å²) in [7, 11) is 1.88. The van der Waals surface area contributed by atoms with Gasteiger partial charge in [0.25, 0.3) is 5.56 Å². The second-order valence-corrected chi connectivity index (χ2v) is 7.53. The van der Waals surface area contributed by atoms with Gasteiger partial charge < -0.3 is 20.8 Å².